The molecule has 2 fully saturated rings. The number of thioether (sulfide) groups is 1. The van der Waals surface area contributed by atoms with Crippen LogP contribution in [0, 0.1) is 0 Å². The van der Waals surface area contributed by atoms with Crippen molar-refractivity contribution in [2.75, 3.05) is 13.2 Å². The summed E-state index contributed by atoms with van der Waals surface area (Å²) in [5, 5.41) is 0. The number of hydrogen-bond acceptors (Lipinski definition) is 7. The molecule has 0 atom stereocenters. The molecule has 7 heteroatoms. The van der Waals surface area contributed by atoms with E-state index in [9.17, 15) is 4.79 Å². The molecule has 1 N–H and O–H groups in total. The maximum Gasteiger partial charge on any atom is 0.251 e. The first-order valence-electron chi connectivity index (χ1n) is 11.5. The Bertz CT molecular complexity index is 910. The number of ketones is 1. The topological polar surface area (TPSA) is 66.0 Å². The van der Waals surface area contributed by atoms with E-state index in [1.165, 1.54) is 0 Å². The summed E-state index contributed by atoms with van der Waals surface area (Å²) in [6, 6.07) is 17.9. The van der Waals surface area contributed by atoms with Crippen molar-refractivity contribution in [1.82, 2.24) is 5.48 Å². The Labute approximate surface area is 200 Å². The van der Waals surface area contributed by atoms with Crippen LogP contribution in [0.4, 0.5) is 0 Å². The van der Waals surface area contributed by atoms with E-state index in [-0.39, 0.29) is 10.3 Å². The highest BCUT2D eigenvalue weighted by Crippen LogP contribution is 2.49. The number of hydroxylamine groups is 1. The van der Waals surface area contributed by atoms with Crippen molar-refractivity contribution in [3.8, 4) is 11.5 Å². The van der Waals surface area contributed by atoms with Crippen LogP contribution in [0.15, 0.2) is 59.5 Å². The lowest BCUT2D eigenvalue weighted by molar-refractivity contribution is -0.279. The SMILES string of the molecule is CC(C)(C)ONC1(CC2(Sc3ccc(Oc4ccccc4)cc3)CCC(=O)CC2)OCCO1. The fraction of sp³-hybridized carbons (Fsp3) is 0.500. The number of carbonyl (C=O) groups is 1. The molecule has 2 aliphatic rings. The van der Waals surface area contributed by atoms with Gasteiger partial charge in [-0.1, -0.05) is 18.2 Å². The molecule has 1 heterocycles. The van der Waals surface area contributed by atoms with E-state index < -0.39 is 5.91 Å². The highest BCUT2D eigenvalue weighted by molar-refractivity contribution is 8.00. The van der Waals surface area contributed by atoms with E-state index in [1.54, 1.807) is 11.8 Å². The van der Waals surface area contributed by atoms with Gasteiger partial charge in [0, 0.05) is 28.9 Å². The smallest absolute Gasteiger partial charge is 0.251 e. The second kappa shape index (κ2) is 10.2. The van der Waals surface area contributed by atoms with Gasteiger partial charge in [0.2, 0.25) is 0 Å². The van der Waals surface area contributed by atoms with Crippen molar-refractivity contribution in [2.24, 2.45) is 0 Å². The van der Waals surface area contributed by atoms with E-state index in [2.05, 4.69) is 17.6 Å². The van der Waals surface area contributed by atoms with Gasteiger partial charge in [-0.25, -0.2) is 0 Å². The van der Waals surface area contributed by atoms with Crippen LogP contribution in [0.3, 0.4) is 0 Å². The van der Waals surface area contributed by atoms with Crippen LogP contribution in [-0.2, 0) is 19.1 Å². The Balaban J connectivity index is 1.50. The first-order chi connectivity index (χ1) is 15.8. The van der Waals surface area contributed by atoms with Gasteiger partial charge in [-0.3, -0.25) is 9.63 Å². The number of ether oxygens (including phenoxy) is 3. The van der Waals surface area contributed by atoms with Gasteiger partial charge in [0.25, 0.3) is 5.91 Å². The van der Waals surface area contributed by atoms with Crippen molar-refractivity contribution in [1.29, 1.82) is 0 Å². The molecule has 0 amide bonds. The summed E-state index contributed by atoms with van der Waals surface area (Å²) in [5.41, 5.74) is 2.69. The van der Waals surface area contributed by atoms with Crippen LogP contribution in [0.5, 0.6) is 11.5 Å². The van der Waals surface area contributed by atoms with Crippen molar-refractivity contribution < 1.29 is 23.8 Å². The zero-order valence-corrected chi connectivity index (χ0v) is 20.4. The summed E-state index contributed by atoms with van der Waals surface area (Å²) >= 11 is 1.78. The summed E-state index contributed by atoms with van der Waals surface area (Å²) in [5.74, 6) is 0.899. The minimum absolute atomic E-state index is 0.214. The van der Waals surface area contributed by atoms with Crippen molar-refractivity contribution in [2.45, 2.75) is 74.0 Å². The molecule has 1 saturated carbocycles. The Morgan fingerprint density at radius 1 is 0.939 bits per heavy atom. The third-order valence-electron chi connectivity index (χ3n) is 5.68. The van der Waals surface area contributed by atoms with Gasteiger partial charge in [-0.05, 0) is 70.0 Å². The molecule has 2 aromatic rings. The van der Waals surface area contributed by atoms with Crippen molar-refractivity contribution in [3.05, 3.63) is 54.6 Å². The number of nitrogens with one attached hydrogen (secondary N) is 1. The fourth-order valence-electron chi connectivity index (χ4n) is 4.06. The molecule has 1 aliphatic carbocycles. The largest absolute Gasteiger partial charge is 0.457 e. The highest BCUT2D eigenvalue weighted by atomic mass is 32.2. The zero-order valence-electron chi connectivity index (χ0n) is 19.6. The molecule has 0 unspecified atom stereocenters. The summed E-state index contributed by atoms with van der Waals surface area (Å²) in [7, 11) is 0. The number of hydrogen-bond donors (Lipinski definition) is 1. The second-order valence-corrected chi connectivity index (χ2v) is 11.2. The van der Waals surface area contributed by atoms with Crippen molar-refractivity contribution >= 4 is 17.5 Å². The van der Waals surface area contributed by atoms with Gasteiger partial charge in [-0.2, -0.15) is 0 Å². The van der Waals surface area contributed by atoms with Crippen LogP contribution in [0.1, 0.15) is 52.9 Å². The lowest BCUT2D eigenvalue weighted by Crippen LogP contribution is -2.54. The highest BCUT2D eigenvalue weighted by Gasteiger charge is 2.48. The minimum atomic E-state index is -1.02. The monoisotopic (exact) mass is 471 g/mol. The molecule has 6 nitrogen and oxygen atoms in total. The predicted octanol–water partition coefficient (Wildman–Crippen LogP) is 5.86. The van der Waals surface area contributed by atoms with Crippen molar-refractivity contribution in [3.63, 3.8) is 0 Å². The van der Waals surface area contributed by atoms with E-state index >= 15 is 0 Å². The number of benzene rings is 2. The normalized spacial score (nSPS) is 20.0. The van der Waals surface area contributed by atoms with Crippen LogP contribution < -0.4 is 10.2 Å². The zero-order chi connectivity index (χ0) is 23.4. The van der Waals surface area contributed by atoms with Gasteiger partial charge in [0.1, 0.15) is 17.3 Å². The Hall–Kier alpha value is -1.90. The second-order valence-electron chi connectivity index (χ2n) is 9.65. The van der Waals surface area contributed by atoms with Gasteiger partial charge < -0.3 is 14.2 Å². The third-order valence-corrected chi connectivity index (χ3v) is 7.17. The molecule has 1 saturated heterocycles. The quantitative estimate of drug-likeness (QED) is 0.484. The molecule has 0 radical (unpaired) electrons. The molecule has 1 aliphatic heterocycles. The molecule has 0 spiro atoms. The minimum Gasteiger partial charge on any atom is -0.457 e. The van der Waals surface area contributed by atoms with E-state index in [4.69, 9.17) is 19.0 Å². The number of rotatable bonds is 8. The van der Waals surface area contributed by atoms with E-state index in [0.29, 0.717) is 38.3 Å². The molecule has 0 bridgehead atoms. The van der Waals surface area contributed by atoms with E-state index in [1.807, 2.05) is 63.2 Å². The third kappa shape index (κ3) is 6.80. The first-order valence-corrected chi connectivity index (χ1v) is 12.3. The molecule has 4 rings (SSSR count). The standard InChI is InChI=1S/C26H33NO5S/c1-24(2,3)32-27-26(29-17-18-30-26)19-25(15-13-20(28)14-16-25)33-23-11-9-22(10-12-23)31-21-7-5-4-6-8-21/h4-12,27H,13-19H2,1-3H3. The summed E-state index contributed by atoms with van der Waals surface area (Å²) in [6.45, 7) is 6.94. The summed E-state index contributed by atoms with van der Waals surface area (Å²) < 4.78 is 17.8. The van der Waals surface area contributed by atoms with Crippen LogP contribution in [0.25, 0.3) is 0 Å². The van der Waals surface area contributed by atoms with Crippen LogP contribution in [-0.4, -0.2) is 35.3 Å². The van der Waals surface area contributed by atoms with Gasteiger partial charge in [0.15, 0.2) is 0 Å². The molecular weight excluding hydrogens is 438 g/mol. The maximum atomic E-state index is 12.1. The summed E-state index contributed by atoms with van der Waals surface area (Å²) in [6.07, 6.45) is 3.25. The van der Waals surface area contributed by atoms with Gasteiger partial charge >= 0.3 is 0 Å². The molecule has 178 valence electrons. The predicted molar refractivity (Wildman–Crippen MR) is 128 cm³/mol. The average Bonchev–Trinajstić information content (AvgIpc) is 3.25. The van der Waals surface area contributed by atoms with Gasteiger partial charge in [-0.15, -0.1) is 17.2 Å². The lowest BCUT2D eigenvalue weighted by Gasteiger charge is -2.42. The molecule has 0 aromatic heterocycles. The molecular formula is C26H33NO5S. The summed E-state index contributed by atoms with van der Waals surface area (Å²) in [4.78, 5) is 19.0. The molecule has 33 heavy (non-hydrogen) atoms. The average molecular weight is 472 g/mol. The fourth-order valence-corrected chi connectivity index (χ4v) is 5.50. The lowest BCUT2D eigenvalue weighted by atomic mass is 9.84. The van der Waals surface area contributed by atoms with Gasteiger partial charge in [0.05, 0.1) is 18.8 Å². The maximum absolute atomic E-state index is 12.1. The van der Waals surface area contributed by atoms with Crippen LogP contribution in [0.2, 0.25) is 0 Å². The first kappa shape index (κ1) is 24.2. The number of carbonyl (C=O) groups excluding carboxylic acids is 1. The Kier molecular flexibility index (Phi) is 7.46. The van der Waals surface area contributed by atoms with Crippen LogP contribution >= 0.6 is 11.8 Å². The Morgan fingerprint density at radius 2 is 1.55 bits per heavy atom. The molecule has 2 aromatic carbocycles. The number of para-hydroxylation sites is 1. The van der Waals surface area contributed by atoms with E-state index in [0.717, 1.165) is 29.2 Å². The number of Topliss-reactive ketones (excluding diaryl/α,β-unsaturated/α-hetero) is 1. The Morgan fingerprint density at radius 3 is 2.15 bits per heavy atom.